The van der Waals surface area contributed by atoms with E-state index in [2.05, 4.69) is 10.2 Å². The fourth-order valence-corrected chi connectivity index (χ4v) is 3.88. The predicted molar refractivity (Wildman–Crippen MR) is 102 cm³/mol. The molecule has 0 aliphatic heterocycles. The largest absolute Gasteiger partial charge is 0.508 e. The topological polar surface area (TPSA) is 70.7 Å². The van der Waals surface area contributed by atoms with Gasteiger partial charge in [0.15, 0.2) is 11.5 Å². The average Bonchev–Trinajstić information content (AvgIpc) is 3.05. The summed E-state index contributed by atoms with van der Waals surface area (Å²) in [7, 11) is 0. The van der Waals surface area contributed by atoms with Crippen molar-refractivity contribution in [2.45, 2.75) is 16.4 Å². The number of aliphatic hydroxyl groups is 1. The molecule has 0 aliphatic carbocycles. The van der Waals surface area contributed by atoms with E-state index in [1.165, 1.54) is 6.07 Å². The zero-order valence-electron chi connectivity index (χ0n) is 13.5. The maximum absolute atomic E-state index is 9.55. The van der Waals surface area contributed by atoms with Crippen molar-refractivity contribution >= 4 is 29.0 Å². The van der Waals surface area contributed by atoms with Crippen molar-refractivity contribution in [2.75, 3.05) is 0 Å². The Balaban J connectivity index is 1.77. The van der Waals surface area contributed by atoms with E-state index in [0.29, 0.717) is 22.1 Å². The Hall–Kier alpha value is -2.54. The van der Waals surface area contributed by atoms with Gasteiger partial charge < -0.3 is 10.2 Å². The van der Waals surface area contributed by atoms with Crippen LogP contribution in [0.2, 0.25) is 5.02 Å². The van der Waals surface area contributed by atoms with Crippen LogP contribution in [0.5, 0.6) is 5.75 Å². The quantitative estimate of drug-likeness (QED) is 0.546. The van der Waals surface area contributed by atoms with E-state index in [0.717, 1.165) is 15.4 Å². The van der Waals surface area contributed by atoms with Crippen LogP contribution in [0, 0.1) is 0 Å². The number of hydrogen-bond acceptors (Lipinski definition) is 5. The zero-order chi connectivity index (χ0) is 18.1. The average molecular weight is 384 g/mol. The Kier molecular flexibility index (Phi) is 4.55. The first-order valence-electron chi connectivity index (χ1n) is 7.86. The summed E-state index contributed by atoms with van der Waals surface area (Å²) in [5, 5.41) is 27.9. The molecule has 0 atom stereocenters. The predicted octanol–water partition coefficient (Wildman–Crippen LogP) is 4.40. The molecule has 0 saturated heterocycles. The van der Waals surface area contributed by atoms with Crippen molar-refractivity contribution in [1.29, 1.82) is 0 Å². The van der Waals surface area contributed by atoms with Gasteiger partial charge in [-0.3, -0.25) is 4.40 Å². The molecule has 2 aromatic carbocycles. The number of aromatic hydroxyl groups is 1. The molecule has 0 spiro atoms. The summed E-state index contributed by atoms with van der Waals surface area (Å²) in [4.78, 5) is 1.97. The third-order valence-electron chi connectivity index (χ3n) is 3.94. The number of fused-ring (bicyclic) bond motifs is 1. The van der Waals surface area contributed by atoms with Crippen molar-refractivity contribution in [3.63, 3.8) is 0 Å². The molecule has 5 nitrogen and oxygen atoms in total. The van der Waals surface area contributed by atoms with Gasteiger partial charge in [-0.15, -0.1) is 10.2 Å². The number of aromatic nitrogens is 3. The van der Waals surface area contributed by atoms with E-state index < -0.39 is 0 Å². The number of phenols is 1. The normalized spacial score (nSPS) is 11.2. The van der Waals surface area contributed by atoms with Gasteiger partial charge in [-0.1, -0.05) is 41.6 Å². The smallest absolute Gasteiger partial charge is 0.169 e. The third kappa shape index (κ3) is 3.14. The second-order valence-electron chi connectivity index (χ2n) is 5.65. The maximum atomic E-state index is 9.55. The fraction of sp³-hybridized carbons (Fsp3) is 0.0526. The zero-order valence-corrected chi connectivity index (χ0v) is 15.1. The number of pyridine rings is 1. The molecule has 26 heavy (non-hydrogen) atoms. The first-order chi connectivity index (χ1) is 12.7. The van der Waals surface area contributed by atoms with E-state index in [9.17, 15) is 10.2 Å². The molecule has 0 unspecified atom stereocenters. The number of hydrogen-bond donors (Lipinski definition) is 2. The third-order valence-corrected chi connectivity index (χ3v) is 5.35. The molecule has 130 valence electrons. The lowest BCUT2D eigenvalue weighted by atomic mass is 10.2. The summed E-state index contributed by atoms with van der Waals surface area (Å²) < 4.78 is 1.86. The lowest BCUT2D eigenvalue weighted by Gasteiger charge is -2.08. The summed E-state index contributed by atoms with van der Waals surface area (Å²) >= 11 is 7.81. The van der Waals surface area contributed by atoms with E-state index >= 15 is 0 Å². The van der Waals surface area contributed by atoms with Gasteiger partial charge in [0.1, 0.15) is 5.75 Å². The molecule has 0 amide bonds. The first kappa shape index (κ1) is 16.9. The fourth-order valence-electron chi connectivity index (χ4n) is 2.66. The van der Waals surface area contributed by atoms with E-state index in [1.54, 1.807) is 23.9 Å². The Labute approximate surface area is 158 Å². The molecule has 0 aliphatic rings. The molecule has 2 heterocycles. The minimum atomic E-state index is -0.00752. The van der Waals surface area contributed by atoms with Crippen molar-refractivity contribution in [3.05, 3.63) is 71.4 Å². The first-order valence-corrected chi connectivity index (χ1v) is 9.05. The lowest BCUT2D eigenvalue weighted by Crippen LogP contribution is -1.92. The minimum absolute atomic E-state index is 0.00752. The highest BCUT2D eigenvalue weighted by Crippen LogP contribution is 2.33. The minimum Gasteiger partial charge on any atom is -0.508 e. The van der Waals surface area contributed by atoms with Gasteiger partial charge in [-0.05, 0) is 42.0 Å². The summed E-state index contributed by atoms with van der Waals surface area (Å²) in [5.41, 5.74) is 2.27. The second-order valence-corrected chi connectivity index (χ2v) is 7.17. The highest BCUT2D eigenvalue weighted by molar-refractivity contribution is 7.99. The Morgan fingerprint density at radius 2 is 1.88 bits per heavy atom. The van der Waals surface area contributed by atoms with Gasteiger partial charge in [-0.2, -0.15) is 0 Å². The van der Waals surface area contributed by atoms with E-state index in [4.69, 9.17) is 11.6 Å². The van der Waals surface area contributed by atoms with Crippen molar-refractivity contribution in [2.24, 2.45) is 0 Å². The molecule has 4 aromatic rings. The molecular weight excluding hydrogens is 370 g/mol. The van der Waals surface area contributed by atoms with Gasteiger partial charge in [-0.25, -0.2) is 0 Å². The Bertz CT molecular complexity index is 1100. The van der Waals surface area contributed by atoms with Crippen molar-refractivity contribution < 1.29 is 10.2 Å². The van der Waals surface area contributed by atoms with Crippen LogP contribution < -0.4 is 0 Å². The number of halogens is 1. The van der Waals surface area contributed by atoms with Crippen molar-refractivity contribution in [1.82, 2.24) is 14.6 Å². The van der Waals surface area contributed by atoms with Gasteiger partial charge >= 0.3 is 0 Å². The number of rotatable bonds is 4. The van der Waals surface area contributed by atoms with Crippen LogP contribution >= 0.6 is 23.4 Å². The molecular formula is C19H14ClN3O2S. The van der Waals surface area contributed by atoms with Crippen LogP contribution in [0.1, 0.15) is 5.56 Å². The molecule has 0 radical (unpaired) electrons. The van der Waals surface area contributed by atoms with Gasteiger partial charge in [0, 0.05) is 21.6 Å². The Morgan fingerprint density at radius 1 is 1.04 bits per heavy atom. The summed E-state index contributed by atoms with van der Waals surface area (Å²) in [6.07, 6.45) is 1.94. The van der Waals surface area contributed by atoms with Crippen LogP contribution in [-0.2, 0) is 6.61 Å². The van der Waals surface area contributed by atoms with E-state index in [1.807, 2.05) is 47.0 Å². The summed E-state index contributed by atoms with van der Waals surface area (Å²) in [5.74, 6) is 0.701. The highest BCUT2D eigenvalue weighted by Gasteiger charge is 2.13. The van der Waals surface area contributed by atoms with Gasteiger partial charge in [0.05, 0.1) is 11.6 Å². The number of phenolic OH excluding ortho intramolecular Hbond substituents is 1. The van der Waals surface area contributed by atoms with Gasteiger partial charge in [0.2, 0.25) is 0 Å². The SMILES string of the molecule is OCc1ccccc1Sc1ccc2nnc(-c3ccc(O)cc3Cl)n2c1. The molecule has 2 N–H and O–H groups in total. The number of benzene rings is 2. The Morgan fingerprint density at radius 3 is 2.69 bits per heavy atom. The molecule has 7 heteroatoms. The molecule has 0 saturated carbocycles. The summed E-state index contributed by atoms with van der Waals surface area (Å²) in [6.45, 7) is -0.00752. The monoisotopic (exact) mass is 383 g/mol. The van der Waals surface area contributed by atoms with Crippen LogP contribution in [0.25, 0.3) is 17.0 Å². The summed E-state index contributed by atoms with van der Waals surface area (Å²) in [6, 6.07) is 16.3. The lowest BCUT2D eigenvalue weighted by molar-refractivity contribution is 0.279. The second kappa shape index (κ2) is 6.99. The highest BCUT2D eigenvalue weighted by atomic mass is 35.5. The molecule has 4 rings (SSSR count). The van der Waals surface area contributed by atoms with Crippen molar-refractivity contribution in [3.8, 4) is 17.1 Å². The molecule has 0 fully saturated rings. The van der Waals surface area contributed by atoms with Crippen LogP contribution in [0.3, 0.4) is 0 Å². The van der Waals surface area contributed by atoms with Crippen LogP contribution in [0.4, 0.5) is 0 Å². The van der Waals surface area contributed by atoms with Crippen LogP contribution in [0.15, 0.2) is 70.6 Å². The van der Waals surface area contributed by atoms with Crippen LogP contribution in [-0.4, -0.2) is 24.8 Å². The number of nitrogens with zero attached hydrogens (tertiary/aromatic N) is 3. The standard InChI is InChI=1S/C19H14ClN3O2S/c20-16-9-13(25)5-7-15(16)19-22-21-18-8-6-14(10-23(18)19)26-17-4-2-1-3-12(17)11-24/h1-10,24-25H,11H2. The van der Waals surface area contributed by atoms with E-state index in [-0.39, 0.29) is 12.4 Å². The van der Waals surface area contributed by atoms with Gasteiger partial charge in [0.25, 0.3) is 0 Å². The maximum Gasteiger partial charge on any atom is 0.169 e. The number of aliphatic hydroxyl groups excluding tert-OH is 1. The molecule has 2 aromatic heterocycles. The molecule has 0 bridgehead atoms.